The standard InChI is InChI=1S/C16H14ClFN2O3S/c17-14-8-1-10(16(21)19-12-6-7-12)9-15(14)24(22,23)20-13-4-2-11(18)3-5-13/h1-5,8-9,12,20H,6-7H2,(H,19,21). The van der Waals surface area contributed by atoms with Gasteiger partial charge in [0.25, 0.3) is 15.9 Å². The van der Waals surface area contributed by atoms with Gasteiger partial charge in [-0.3, -0.25) is 9.52 Å². The Morgan fingerprint density at radius 3 is 2.42 bits per heavy atom. The van der Waals surface area contributed by atoms with Crippen molar-refractivity contribution in [2.75, 3.05) is 4.72 Å². The molecule has 0 spiro atoms. The van der Waals surface area contributed by atoms with Gasteiger partial charge in [0.15, 0.2) is 0 Å². The van der Waals surface area contributed by atoms with E-state index in [1.165, 1.54) is 30.3 Å². The molecule has 0 bridgehead atoms. The van der Waals surface area contributed by atoms with E-state index in [4.69, 9.17) is 11.6 Å². The third kappa shape index (κ3) is 3.85. The highest BCUT2D eigenvalue weighted by Gasteiger charge is 2.25. The zero-order valence-corrected chi connectivity index (χ0v) is 14.0. The molecule has 1 aliphatic rings. The van der Waals surface area contributed by atoms with E-state index in [2.05, 4.69) is 10.0 Å². The quantitative estimate of drug-likeness (QED) is 0.851. The predicted molar refractivity (Wildman–Crippen MR) is 89.1 cm³/mol. The fourth-order valence-corrected chi connectivity index (χ4v) is 3.66. The van der Waals surface area contributed by atoms with E-state index in [1.54, 1.807) is 0 Å². The maximum atomic E-state index is 12.9. The van der Waals surface area contributed by atoms with Gasteiger partial charge in [-0.2, -0.15) is 0 Å². The van der Waals surface area contributed by atoms with Crippen molar-refractivity contribution < 1.29 is 17.6 Å². The summed E-state index contributed by atoms with van der Waals surface area (Å²) in [7, 11) is -4.01. The number of rotatable bonds is 5. The van der Waals surface area contributed by atoms with Crippen LogP contribution in [0.2, 0.25) is 5.02 Å². The Kier molecular flexibility index (Phi) is 4.47. The summed E-state index contributed by atoms with van der Waals surface area (Å²) in [5.41, 5.74) is 0.408. The molecule has 8 heteroatoms. The van der Waals surface area contributed by atoms with E-state index in [0.29, 0.717) is 0 Å². The highest BCUT2D eigenvalue weighted by Crippen LogP contribution is 2.26. The first kappa shape index (κ1) is 16.7. The lowest BCUT2D eigenvalue weighted by molar-refractivity contribution is 0.0951. The minimum absolute atomic E-state index is 0.00687. The Morgan fingerprint density at radius 1 is 1.12 bits per heavy atom. The first-order valence-electron chi connectivity index (χ1n) is 7.24. The number of carbonyl (C=O) groups excluding carboxylic acids is 1. The van der Waals surface area contributed by atoms with Gasteiger partial charge in [-0.15, -0.1) is 0 Å². The van der Waals surface area contributed by atoms with Crippen LogP contribution in [0.1, 0.15) is 23.2 Å². The van der Waals surface area contributed by atoms with Crippen molar-refractivity contribution >= 4 is 33.2 Å². The van der Waals surface area contributed by atoms with Gasteiger partial charge in [0.2, 0.25) is 0 Å². The van der Waals surface area contributed by atoms with Crippen molar-refractivity contribution in [3.63, 3.8) is 0 Å². The lowest BCUT2D eigenvalue weighted by atomic mass is 10.2. The molecule has 0 heterocycles. The van der Waals surface area contributed by atoms with Gasteiger partial charge in [0.05, 0.1) is 5.02 Å². The Balaban J connectivity index is 1.88. The van der Waals surface area contributed by atoms with Crippen molar-refractivity contribution in [2.24, 2.45) is 0 Å². The van der Waals surface area contributed by atoms with E-state index in [-0.39, 0.29) is 33.1 Å². The van der Waals surface area contributed by atoms with Crippen LogP contribution in [0.4, 0.5) is 10.1 Å². The highest BCUT2D eigenvalue weighted by atomic mass is 35.5. The van der Waals surface area contributed by atoms with Crippen LogP contribution >= 0.6 is 11.6 Å². The van der Waals surface area contributed by atoms with Gasteiger partial charge in [0.1, 0.15) is 10.7 Å². The van der Waals surface area contributed by atoms with E-state index in [9.17, 15) is 17.6 Å². The second kappa shape index (κ2) is 6.41. The highest BCUT2D eigenvalue weighted by molar-refractivity contribution is 7.92. The molecule has 0 radical (unpaired) electrons. The van der Waals surface area contributed by atoms with Crippen molar-refractivity contribution in [3.8, 4) is 0 Å². The molecular formula is C16H14ClFN2O3S. The van der Waals surface area contributed by atoms with Gasteiger partial charge >= 0.3 is 0 Å². The number of benzene rings is 2. The Hall–Kier alpha value is -2.12. The summed E-state index contributed by atoms with van der Waals surface area (Å²) in [6, 6.07) is 9.09. The number of nitrogens with one attached hydrogen (secondary N) is 2. The SMILES string of the molecule is O=C(NC1CC1)c1ccc(Cl)c(S(=O)(=O)Nc2ccc(F)cc2)c1. The molecular weight excluding hydrogens is 355 g/mol. The molecule has 0 saturated heterocycles. The molecule has 1 fully saturated rings. The predicted octanol–water partition coefficient (Wildman–Crippen LogP) is 3.17. The van der Waals surface area contributed by atoms with E-state index >= 15 is 0 Å². The molecule has 1 aliphatic carbocycles. The van der Waals surface area contributed by atoms with Crippen LogP contribution in [0, 0.1) is 5.82 Å². The van der Waals surface area contributed by atoms with Crippen LogP contribution in [-0.4, -0.2) is 20.4 Å². The summed E-state index contributed by atoms with van der Waals surface area (Å²) >= 11 is 5.98. The maximum Gasteiger partial charge on any atom is 0.263 e. The van der Waals surface area contributed by atoms with Crippen LogP contribution < -0.4 is 10.0 Å². The summed E-state index contributed by atoms with van der Waals surface area (Å²) in [6.07, 6.45) is 1.85. The second-order valence-corrected chi connectivity index (χ2v) is 7.56. The van der Waals surface area contributed by atoms with Gasteiger partial charge in [-0.05, 0) is 55.3 Å². The minimum Gasteiger partial charge on any atom is -0.349 e. The minimum atomic E-state index is -4.01. The molecule has 3 rings (SSSR count). The molecule has 5 nitrogen and oxygen atoms in total. The van der Waals surface area contributed by atoms with E-state index < -0.39 is 15.8 Å². The average molecular weight is 369 g/mol. The van der Waals surface area contributed by atoms with Crippen LogP contribution in [-0.2, 0) is 10.0 Å². The van der Waals surface area contributed by atoms with Crippen LogP contribution in [0.5, 0.6) is 0 Å². The molecule has 0 unspecified atom stereocenters. The molecule has 1 amide bonds. The van der Waals surface area contributed by atoms with Gasteiger partial charge < -0.3 is 5.32 Å². The second-order valence-electron chi connectivity index (χ2n) is 5.51. The number of sulfonamides is 1. The Labute approximate surface area is 143 Å². The number of halogens is 2. The topological polar surface area (TPSA) is 75.3 Å². The maximum absolute atomic E-state index is 12.9. The fourth-order valence-electron chi connectivity index (χ4n) is 2.07. The smallest absolute Gasteiger partial charge is 0.263 e. The summed E-state index contributed by atoms with van der Waals surface area (Å²) < 4.78 is 40.2. The molecule has 2 aromatic carbocycles. The number of hydrogen-bond acceptors (Lipinski definition) is 3. The Bertz CT molecular complexity index is 881. The fraction of sp³-hybridized carbons (Fsp3) is 0.188. The average Bonchev–Trinajstić information content (AvgIpc) is 3.33. The molecule has 0 aliphatic heterocycles. The summed E-state index contributed by atoms with van der Waals surface area (Å²) in [5.74, 6) is -0.817. The molecule has 2 N–H and O–H groups in total. The molecule has 1 saturated carbocycles. The summed E-state index contributed by atoms with van der Waals surface area (Å²) in [4.78, 5) is 11.9. The van der Waals surface area contributed by atoms with Crippen molar-refractivity contribution in [1.82, 2.24) is 5.32 Å². The zero-order valence-electron chi connectivity index (χ0n) is 12.4. The number of amides is 1. The van der Waals surface area contributed by atoms with E-state index in [1.807, 2.05) is 0 Å². The third-order valence-corrected chi connectivity index (χ3v) is 5.35. The van der Waals surface area contributed by atoms with E-state index in [0.717, 1.165) is 25.0 Å². The largest absolute Gasteiger partial charge is 0.349 e. The molecule has 24 heavy (non-hydrogen) atoms. The Morgan fingerprint density at radius 2 is 1.79 bits per heavy atom. The number of hydrogen-bond donors (Lipinski definition) is 2. The first-order valence-corrected chi connectivity index (χ1v) is 9.10. The lowest BCUT2D eigenvalue weighted by Crippen LogP contribution is -2.25. The monoisotopic (exact) mass is 368 g/mol. The number of anilines is 1. The molecule has 0 atom stereocenters. The molecule has 126 valence electrons. The van der Waals surface area contributed by atoms with Crippen LogP contribution in [0.15, 0.2) is 47.4 Å². The van der Waals surface area contributed by atoms with Crippen molar-refractivity contribution in [1.29, 1.82) is 0 Å². The first-order chi connectivity index (χ1) is 11.3. The number of carbonyl (C=O) groups is 1. The van der Waals surface area contributed by atoms with Gasteiger partial charge in [-0.1, -0.05) is 11.6 Å². The normalized spacial score (nSPS) is 14.2. The van der Waals surface area contributed by atoms with Gasteiger partial charge in [-0.25, -0.2) is 12.8 Å². The van der Waals surface area contributed by atoms with Crippen molar-refractivity contribution in [2.45, 2.75) is 23.8 Å². The van der Waals surface area contributed by atoms with Crippen LogP contribution in [0.3, 0.4) is 0 Å². The summed E-state index contributed by atoms with van der Waals surface area (Å²) in [6.45, 7) is 0. The molecule has 0 aromatic heterocycles. The zero-order chi connectivity index (χ0) is 17.3. The summed E-state index contributed by atoms with van der Waals surface area (Å²) in [5, 5.41) is 2.78. The van der Waals surface area contributed by atoms with Crippen molar-refractivity contribution in [3.05, 3.63) is 58.9 Å². The van der Waals surface area contributed by atoms with Crippen LogP contribution in [0.25, 0.3) is 0 Å². The third-order valence-electron chi connectivity index (χ3n) is 3.49. The van der Waals surface area contributed by atoms with Gasteiger partial charge in [0, 0.05) is 17.3 Å². The molecule has 2 aromatic rings. The lowest BCUT2D eigenvalue weighted by Gasteiger charge is -2.11.